The van der Waals surface area contributed by atoms with E-state index in [2.05, 4.69) is 57.9 Å². The largest absolute Gasteiger partial charge is 0.292 e. The minimum atomic E-state index is -0.137. The third kappa shape index (κ3) is 3.93. The lowest BCUT2D eigenvalue weighted by Gasteiger charge is -2.44. The lowest BCUT2D eigenvalue weighted by Crippen LogP contribution is -2.45. The average molecular weight is 332 g/mol. The fourth-order valence-corrected chi connectivity index (χ4v) is 3.85. The van der Waals surface area contributed by atoms with Crippen LogP contribution in [0.1, 0.15) is 30.5 Å². The van der Waals surface area contributed by atoms with Crippen LogP contribution in [-0.4, -0.2) is 17.5 Å². The molecule has 4 heteroatoms. The Hall–Kier alpha value is -2.55. The van der Waals surface area contributed by atoms with Crippen LogP contribution in [-0.2, 0) is 6.54 Å². The molecule has 4 nitrogen and oxygen atoms in total. The lowest BCUT2D eigenvalue weighted by atomic mass is 9.79. The highest BCUT2D eigenvalue weighted by Crippen LogP contribution is 2.40. The Morgan fingerprint density at radius 3 is 2.40 bits per heavy atom. The van der Waals surface area contributed by atoms with Crippen LogP contribution in [0, 0.1) is 5.92 Å². The van der Waals surface area contributed by atoms with E-state index in [1.165, 1.54) is 11.1 Å². The molecule has 0 radical (unpaired) electrons. The number of piperidine rings is 1. The van der Waals surface area contributed by atoms with Gasteiger partial charge in [-0.05, 0) is 42.5 Å². The first-order chi connectivity index (χ1) is 12.2. The summed E-state index contributed by atoms with van der Waals surface area (Å²) >= 11 is 0. The second kappa shape index (κ2) is 8.02. The molecule has 1 heterocycles. The molecule has 0 N–H and O–H groups in total. The zero-order chi connectivity index (χ0) is 17.6. The van der Waals surface area contributed by atoms with Crippen LogP contribution in [0.3, 0.4) is 0 Å². The van der Waals surface area contributed by atoms with Crippen LogP contribution >= 0.6 is 0 Å². The van der Waals surface area contributed by atoms with E-state index in [1.807, 2.05) is 31.2 Å². The van der Waals surface area contributed by atoms with Crippen molar-refractivity contribution in [3.63, 3.8) is 0 Å². The smallest absolute Gasteiger partial charge is 0.0636 e. The Morgan fingerprint density at radius 2 is 1.80 bits per heavy atom. The van der Waals surface area contributed by atoms with Crippen molar-refractivity contribution in [2.24, 2.45) is 11.0 Å². The van der Waals surface area contributed by atoms with Crippen LogP contribution < -0.4 is 0 Å². The maximum absolute atomic E-state index is 9.17. The molecule has 1 saturated heterocycles. The molecule has 3 atom stereocenters. The van der Waals surface area contributed by atoms with E-state index in [1.54, 1.807) is 0 Å². The highest BCUT2D eigenvalue weighted by atomic mass is 15.2. The molecule has 0 amide bonds. The fraction of sp³-hybridized carbons (Fsp3) is 0.333. The Bertz CT molecular complexity index is 750. The molecule has 2 aromatic carbocycles. The van der Waals surface area contributed by atoms with Gasteiger partial charge in [-0.1, -0.05) is 77.9 Å². The van der Waals surface area contributed by atoms with Gasteiger partial charge in [0.1, 0.15) is 0 Å². The Morgan fingerprint density at radius 1 is 1.16 bits per heavy atom. The highest BCUT2D eigenvalue weighted by molar-refractivity contribution is 5.25. The lowest BCUT2D eigenvalue weighted by molar-refractivity contribution is 0.0934. The number of hydrogen-bond donors (Lipinski definition) is 0. The number of likely N-dealkylation sites (tertiary alicyclic amines) is 1. The monoisotopic (exact) mass is 332 g/mol. The van der Waals surface area contributed by atoms with Crippen molar-refractivity contribution in [3.8, 4) is 0 Å². The summed E-state index contributed by atoms with van der Waals surface area (Å²) in [5.74, 6) is 0.216. The van der Waals surface area contributed by atoms with Gasteiger partial charge in [-0.15, -0.1) is 0 Å². The topological polar surface area (TPSA) is 52.0 Å². The van der Waals surface area contributed by atoms with Crippen molar-refractivity contribution >= 4 is 0 Å². The molecular weight excluding hydrogens is 308 g/mol. The summed E-state index contributed by atoms with van der Waals surface area (Å²) in [5, 5.41) is 4.21. The van der Waals surface area contributed by atoms with E-state index in [0.29, 0.717) is 0 Å². The second-order valence-electron chi connectivity index (χ2n) is 6.75. The maximum atomic E-state index is 9.17. The standard InChI is InChI=1S/C21H24N4/c1-16(2)19-13-14-25(15-17-9-5-3-6-10-17)21(20(19)23-24-22)18-11-7-4-8-12-18/h3-12,19-21H,1,13-15H2,2H3/t19-,20-,21-/m0/s1. The van der Waals surface area contributed by atoms with E-state index >= 15 is 0 Å². The average Bonchev–Trinajstić information content (AvgIpc) is 2.63. The number of nitrogens with zero attached hydrogens (tertiary/aromatic N) is 4. The van der Waals surface area contributed by atoms with Gasteiger partial charge >= 0.3 is 0 Å². The summed E-state index contributed by atoms with van der Waals surface area (Å²) in [5.41, 5.74) is 12.7. The van der Waals surface area contributed by atoms with Gasteiger partial charge in [-0.25, -0.2) is 0 Å². The van der Waals surface area contributed by atoms with Crippen LogP contribution in [0.15, 0.2) is 77.9 Å². The summed E-state index contributed by atoms with van der Waals surface area (Å²) in [7, 11) is 0. The Kier molecular flexibility index (Phi) is 5.54. The maximum Gasteiger partial charge on any atom is 0.0636 e. The van der Waals surface area contributed by atoms with Gasteiger partial charge in [0.25, 0.3) is 0 Å². The molecular formula is C21H24N4. The van der Waals surface area contributed by atoms with Crippen molar-refractivity contribution in [1.29, 1.82) is 0 Å². The summed E-state index contributed by atoms with van der Waals surface area (Å²) in [4.78, 5) is 5.60. The quantitative estimate of drug-likeness (QED) is 0.308. The number of hydrogen-bond acceptors (Lipinski definition) is 2. The normalized spacial score (nSPS) is 23.6. The molecule has 25 heavy (non-hydrogen) atoms. The van der Waals surface area contributed by atoms with E-state index in [0.717, 1.165) is 25.1 Å². The molecule has 3 rings (SSSR count). The van der Waals surface area contributed by atoms with Crippen LogP contribution in [0.25, 0.3) is 10.4 Å². The SMILES string of the molecule is C=C(C)[C@@H]1CCN(Cc2ccccc2)[C@@H](c2ccccc2)[C@H]1N=[N+]=[N-]. The van der Waals surface area contributed by atoms with Crippen molar-refractivity contribution in [2.75, 3.05) is 6.54 Å². The molecule has 0 saturated carbocycles. The number of azide groups is 1. The second-order valence-corrected chi connectivity index (χ2v) is 6.75. The third-order valence-corrected chi connectivity index (χ3v) is 5.04. The Balaban J connectivity index is 1.98. The molecule has 1 aliphatic heterocycles. The van der Waals surface area contributed by atoms with Gasteiger partial charge < -0.3 is 0 Å². The first-order valence-electron chi connectivity index (χ1n) is 8.73. The zero-order valence-electron chi connectivity index (χ0n) is 14.6. The van der Waals surface area contributed by atoms with Crippen LogP contribution in [0.4, 0.5) is 0 Å². The first kappa shape index (κ1) is 17.3. The van der Waals surface area contributed by atoms with Gasteiger partial charge in [0.05, 0.1) is 6.04 Å². The van der Waals surface area contributed by atoms with Crippen molar-refractivity contribution in [3.05, 3.63) is 94.4 Å². The van der Waals surface area contributed by atoms with Gasteiger partial charge in [0.15, 0.2) is 0 Å². The summed E-state index contributed by atoms with van der Waals surface area (Å²) < 4.78 is 0. The molecule has 1 fully saturated rings. The minimum Gasteiger partial charge on any atom is -0.292 e. The van der Waals surface area contributed by atoms with Crippen molar-refractivity contribution in [2.45, 2.75) is 32.0 Å². The van der Waals surface area contributed by atoms with Gasteiger partial charge in [-0.3, -0.25) is 4.90 Å². The fourth-order valence-electron chi connectivity index (χ4n) is 3.85. The van der Waals surface area contributed by atoms with Gasteiger partial charge in [0.2, 0.25) is 0 Å². The molecule has 0 unspecified atom stereocenters. The molecule has 0 bridgehead atoms. The molecule has 1 aliphatic rings. The van der Waals surface area contributed by atoms with Crippen LogP contribution in [0.5, 0.6) is 0 Å². The minimum absolute atomic E-state index is 0.0627. The third-order valence-electron chi connectivity index (χ3n) is 5.04. The van der Waals surface area contributed by atoms with E-state index in [-0.39, 0.29) is 18.0 Å². The van der Waals surface area contributed by atoms with E-state index in [4.69, 9.17) is 5.53 Å². The molecule has 0 aliphatic carbocycles. The van der Waals surface area contributed by atoms with E-state index < -0.39 is 0 Å². The van der Waals surface area contributed by atoms with E-state index in [9.17, 15) is 0 Å². The van der Waals surface area contributed by atoms with Gasteiger partial charge in [-0.2, -0.15) is 0 Å². The summed E-state index contributed by atoms with van der Waals surface area (Å²) in [6, 6.07) is 20.8. The van der Waals surface area contributed by atoms with Crippen molar-refractivity contribution < 1.29 is 0 Å². The van der Waals surface area contributed by atoms with Gasteiger partial charge in [0, 0.05) is 17.5 Å². The molecule has 0 spiro atoms. The highest BCUT2D eigenvalue weighted by Gasteiger charge is 2.38. The molecule has 0 aromatic heterocycles. The number of rotatable bonds is 5. The van der Waals surface area contributed by atoms with Crippen molar-refractivity contribution in [1.82, 2.24) is 4.90 Å². The zero-order valence-corrected chi connectivity index (χ0v) is 14.6. The first-order valence-corrected chi connectivity index (χ1v) is 8.73. The number of benzene rings is 2. The summed E-state index contributed by atoms with van der Waals surface area (Å²) in [6.45, 7) is 8.00. The predicted octanol–water partition coefficient (Wildman–Crippen LogP) is 5.50. The predicted molar refractivity (Wildman–Crippen MR) is 102 cm³/mol. The molecule has 2 aromatic rings. The summed E-state index contributed by atoms with van der Waals surface area (Å²) in [6.07, 6.45) is 0.967. The Labute approximate surface area is 149 Å². The molecule has 128 valence electrons. The van der Waals surface area contributed by atoms with Crippen LogP contribution in [0.2, 0.25) is 0 Å².